The summed E-state index contributed by atoms with van der Waals surface area (Å²) in [7, 11) is 1.79. The number of fused-ring (bicyclic) bond motifs is 1. The number of nitrogens with zero attached hydrogens (tertiary/aromatic N) is 6. The number of piperazine rings is 1. The molecule has 2 aliphatic heterocycles. The van der Waals surface area contributed by atoms with E-state index in [2.05, 4.69) is 32.0 Å². The van der Waals surface area contributed by atoms with Crippen LogP contribution >= 0.6 is 0 Å². The lowest BCUT2D eigenvalue weighted by Gasteiger charge is -2.36. The lowest BCUT2D eigenvalue weighted by molar-refractivity contribution is -0.137. The molecular formula is C40H43F3N8O4. The van der Waals surface area contributed by atoms with Crippen molar-refractivity contribution < 1.29 is 32.3 Å². The molecular weight excluding hydrogens is 713 g/mol. The van der Waals surface area contributed by atoms with Crippen LogP contribution in [0.2, 0.25) is 0 Å². The quantitative estimate of drug-likeness (QED) is 0.236. The number of hydrogen-bond donors (Lipinski definition) is 2. The van der Waals surface area contributed by atoms with Gasteiger partial charge in [0.25, 0.3) is 5.91 Å². The number of anilines is 3. The number of hydrogen-bond acceptors (Lipinski definition) is 9. The van der Waals surface area contributed by atoms with Crippen LogP contribution in [0.4, 0.5) is 35.3 Å². The standard InChI is InChI=1S/C40H43F3N8O4/c1-6-49-16-18-50(19-17-49)32-13-12-28(22-30(32)40(41,42)43)46-34(52)21-26-9-7-8-25(20-26)10-11-27-24-45-37(44)47-35(27)33-23-29-31(48(33)5)14-15-51(36(29)53)38(54)55-39(2,3)4/h7-9,12-13,20,22-24H,6,14-19,21H2,1-5H3,(H,46,52)(H2,44,45,47). The second-order valence-electron chi connectivity index (χ2n) is 14.5. The van der Waals surface area contributed by atoms with Gasteiger partial charge < -0.3 is 30.2 Å². The average Bonchev–Trinajstić information content (AvgIpc) is 3.46. The third kappa shape index (κ3) is 8.92. The van der Waals surface area contributed by atoms with Crippen molar-refractivity contribution in [2.75, 3.05) is 55.2 Å². The molecule has 3 amide bonds. The highest BCUT2D eigenvalue weighted by atomic mass is 19.4. The van der Waals surface area contributed by atoms with Gasteiger partial charge in [-0.2, -0.15) is 13.2 Å². The summed E-state index contributed by atoms with van der Waals surface area (Å²) in [6.07, 6.45) is -3.52. The van der Waals surface area contributed by atoms with E-state index in [4.69, 9.17) is 10.5 Å². The van der Waals surface area contributed by atoms with Crippen LogP contribution in [0, 0.1) is 11.8 Å². The smallest absolute Gasteiger partial charge is 0.418 e. The van der Waals surface area contributed by atoms with Crippen molar-refractivity contribution in [1.29, 1.82) is 0 Å². The second kappa shape index (κ2) is 15.5. The molecule has 4 heterocycles. The van der Waals surface area contributed by atoms with E-state index in [9.17, 15) is 27.6 Å². The molecule has 6 rings (SSSR count). The molecule has 0 aliphatic carbocycles. The van der Waals surface area contributed by atoms with Gasteiger partial charge in [-0.15, -0.1) is 0 Å². The number of carbonyl (C=O) groups excluding carboxylic acids is 3. The molecule has 1 saturated heterocycles. The fourth-order valence-electron chi connectivity index (χ4n) is 6.71. The molecule has 0 radical (unpaired) electrons. The number of rotatable bonds is 6. The Morgan fingerprint density at radius 1 is 1.00 bits per heavy atom. The van der Waals surface area contributed by atoms with Crippen LogP contribution in [-0.2, 0) is 35.6 Å². The van der Waals surface area contributed by atoms with Gasteiger partial charge in [0.05, 0.1) is 28.8 Å². The monoisotopic (exact) mass is 756 g/mol. The summed E-state index contributed by atoms with van der Waals surface area (Å²) < 4.78 is 49.7. The van der Waals surface area contributed by atoms with Crippen LogP contribution in [0.3, 0.4) is 0 Å². The number of ether oxygens (including phenoxy) is 1. The van der Waals surface area contributed by atoms with Gasteiger partial charge in [-0.25, -0.2) is 19.7 Å². The van der Waals surface area contributed by atoms with E-state index in [0.29, 0.717) is 66.2 Å². The molecule has 2 aromatic carbocycles. The Kier molecular flexibility index (Phi) is 10.9. The summed E-state index contributed by atoms with van der Waals surface area (Å²) in [6.45, 7) is 10.6. The normalized spacial score (nSPS) is 14.9. The topological polar surface area (TPSA) is 139 Å². The number of imide groups is 1. The van der Waals surface area contributed by atoms with Crippen LogP contribution in [0.5, 0.6) is 0 Å². The highest BCUT2D eigenvalue weighted by Crippen LogP contribution is 2.39. The highest BCUT2D eigenvalue weighted by molar-refractivity contribution is 6.05. The van der Waals surface area contributed by atoms with Gasteiger partial charge in [-0.3, -0.25) is 9.59 Å². The molecule has 0 saturated carbocycles. The first-order chi connectivity index (χ1) is 26.0. The largest absolute Gasteiger partial charge is 0.443 e. The SMILES string of the molecule is CCN1CCN(c2ccc(NC(=O)Cc3cccc(C#Cc4cnc(N)nc4-c4cc5c(n4C)CCN(C(=O)OC(C)(C)C)C5=O)c3)cc2C(F)(F)F)CC1. The van der Waals surface area contributed by atoms with E-state index >= 15 is 0 Å². The molecule has 15 heteroatoms. The number of aromatic nitrogens is 3. The number of carbonyl (C=O) groups is 3. The zero-order valence-electron chi connectivity index (χ0n) is 31.4. The number of nitrogens with two attached hydrogens (primary N) is 1. The number of alkyl halides is 3. The molecule has 0 bridgehead atoms. The van der Waals surface area contributed by atoms with E-state index in [1.54, 1.807) is 63.1 Å². The fraction of sp³-hybridized carbons (Fsp3) is 0.375. The lowest BCUT2D eigenvalue weighted by atomic mass is 10.1. The average molecular weight is 757 g/mol. The Balaban J connectivity index is 1.18. The molecule has 2 aromatic heterocycles. The number of nitrogen functional groups attached to an aromatic ring is 1. The Labute approximate surface area is 317 Å². The number of likely N-dealkylation sites (N-methyl/N-ethyl adjacent to an activating group) is 1. The molecule has 1 fully saturated rings. The Hall–Kier alpha value is -5.88. The Bertz CT molecular complexity index is 2190. The maximum Gasteiger partial charge on any atom is 0.418 e. The van der Waals surface area contributed by atoms with Crippen LogP contribution in [0.15, 0.2) is 54.7 Å². The number of benzene rings is 2. The van der Waals surface area contributed by atoms with Crippen LogP contribution < -0.4 is 16.0 Å². The maximum absolute atomic E-state index is 14.2. The second-order valence-corrected chi connectivity index (χ2v) is 14.5. The molecule has 0 atom stereocenters. The molecule has 4 aromatic rings. The number of amides is 3. The first-order valence-electron chi connectivity index (χ1n) is 18.0. The van der Waals surface area contributed by atoms with Crippen molar-refractivity contribution in [2.24, 2.45) is 7.05 Å². The van der Waals surface area contributed by atoms with E-state index in [1.165, 1.54) is 18.3 Å². The van der Waals surface area contributed by atoms with Gasteiger partial charge in [-0.05, 0) is 69.3 Å². The lowest BCUT2D eigenvalue weighted by Crippen LogP contribution is -2.46. The van der Waals surface area contributed by atoms with Crippen LogP contribution in [0.1, 0.15) is 66.0 Å². The van der Waals surface area contributed by atoms with E-state index in [0.717, 1.165) is 23.2 Å². The van der Waals surface area contributed by atoms with Crippen molar-refractivity contribution in [3.05, 3.63) is 88.2 Å². The summed E-state index contributed by atoms with van der Waals surface area (Å²) >= 11 is 0. The maximum atomic E-state index is 14.2. The first-order valence-corrected chi connectivity index (χ1v) is 18.0. The van der Waals surface area contributed by atoms with Crippen molar-refractivity contribution in [3.8, 4) is 23.2 Å². The fourth-order valence-corrected chi connectivity index (χ4v) is 6.71. The Morgan fingerprint density at radius 3 is 2.44 bits per heavy atom. The number of halogens is 3. The minimum Gasteiger partial charge on any atom is -0.443 e. The van der Waals surface area contributed by atoms with Crippen molar-refractivity contribution in [3.63, 3.8) is 0 Å². The molecule has 12 nitrogen and oxygen atoms in total. The van der Waals surface area contributed by atoms with Crippen LogP contribution in [0.25, 0.3) is 11.4 Å². The predicted molar refractivity (Wildman–Crippen MR) is 202 cm³/mol. The number of nitrogens with one attached hydrogen (secondary N) is 1. The third-order valence-corrected chi connectivity index (χ3v) is 9.45. The Morgan fingerprint density at radius 2 is 1.75 bits per heavy atom. The molecule has 0 unspecified atom stereocenters. The summed E-state index contributed by atoms with van der Waals surface area (Å²) in [5.74, 6) is 5.19. The third-order valence-electron chi connectivity index (χ3n) is 9.45. The van der Waals surface area contributed by atoms with Gasteiger partial charge in [0.2, 0.25) is 11.9 Å². The first kappa shape index (κ1) is 38.8. The summed E-state index contributed by atoms with van der Waals surface area (Å²) in [4.78, 5) is 52.8. The minimum atomic E-state index is -4.60. The summed E-state index contributed by atoms with van der Waals surface area (Å²) in [6, 6.07) is 12.5. The molecule has 288 valence electrons. The minimum absolute atomic E-state index is 0.00115. The van der Waals surface area contributed by atoms with Crippen molar-refractivity contribution >= 4 is 35.2 Å². The van der Waals surface area contributed by atoms with Crippen LogP contribution in [-0.4, -0.2) is 87.1 Å². The van der Waals surface area contributed by atoms with Gasteiger partial charge in [0.1, 0.15) is 11.3 Å². The van der Waals surface area contributed by atoms with Gasteiger partial charge in [-0.1, -0.05) is 30.9 Å². The van der Waals surface area contributed by atoms with E-state index in [1.807, 2.05) is 11.5 Å². The van der Waals surface area contributed by atoms with E-state index in [-0.39, 0.29) is 30.3 Å². The predicted octanol–water partition coefficient (Wildman–Crippen LogP) is 5.74. The molecule has 0 spiro atoms. The zero-order valence-corrected chi connectivity index (χ0v) is 31.4. The van der Waals surface area contributed by atoms with Crippen molar-refractivity contribution in [1.82, 2.24) is 24.3 Å². The van der Waals surface area contributed by atoms with E-state index < -0.39 is 35.2 Å². The highest BCUT2D eigenvalue weighted by Gasteiger charge is 2.37. The van der Waals surface area contributed by atoms with Gasteiger partial charge in [0.15, 0.2) is 0 Å². The van der Waals surface area contributed by atoms with Gasteiger partial charge in [0, 0.05) is 75.0 Å². The summed E-state index contributed by atoms with van der Waals surface area (Å²) in [5, 5.41) is 2.62. The van der Waals surface area contributed by atoms with Crippen molar-refractivity contribution in [2.45, 2.75) is 52.3 Å². The molecule has 3 N–H and O–H groups in total. The van der Waals surface area contributed by atoms with Gasteiger partial charge >= 0.3 is 12.3 Å². The molecule has 55 heavy (non-hydrogen) atoms. The molecule has 2 aliphatic rings. The summed E-state index contributed by atoms with van der Waals surface area (Å²) in [5.41, 5.74) is 8.17. The zero-order chi connectivity index (χ0) is 39.7.